The summed E-state index contributed by atoms with van der Waals surface area (Å²) in [4.78, 5) is 51.9. The Labute approximate surface area is 193 Å². The topological polar surface area (TPSA) is 95.6 Å². The van der Waals surface area contributed by atoms with Crippen molar-refractivity contribution >= 4 is 23.6 Å². The highest BCUT2D eigenvalue weighted by Gasteiger charge is 2.50. The Morgan fingerprint density at radius 1 is 0.939 bits per heavy atom. The van der Waals surface area contributed by atoms with Gasteiger partial charge < -0.3 is 10.2 Å². The Morgan fingerprint density at radius 3 is 2.03 bits per heavy atom. The number of ketones is 1. The number of piperidine rings is 1. The van der Waals surface area contributed by atoms with Gasteiger partial charge in [-0.3, -0.25) is 19.7 Å². The number of nitrogens with zero attached hydrogens (tertiary/aromatic N) is 1. The van der Waals surface area contributed by atoms with Crippen LogP contribution in [0.25, 0.3) is 0 Å². The van der Waals surface area contributed by atoms with Gasteiger partial charge in [-0.15, -0.1) is 0 Å². The van der Waals surface area contributed by atoms with Gasteiger partial charge in [0.1, 0.15) is 5.54 Å². The van der Waals surface area contributed by atoms with Gasteiger partial charge in [0.15, 0.2) is 5.78 Å². The molecule has 33 heavy (non-hydrogen) atoms. The quantitative estimate of drug-likeness (QED) is 0.542. The number of amides is 4. The van der Waals surface area contributed by atoms with Gasteiger partial charge in [-0.25, -0.2) is 4.79 Å². The molecule has 7 heteroatoms. The van der Waals surface area contributed by atoms with Crippen LogP contribution in [0.3, 0.4) is 0 Å². The number of urea groups is 1. The van der Waals surface area contributed by atoms with Crippen LogP contribution < -0.4 is 10.6 Å². The highest BCUT2D eigenvalue weighted by Crippen LogP contribution is 2.33. The summed E-state index contributed by atoms with van der Waals surface area (Å²) in [5.41, 5.74) is 1.86. The molecule has 4 amide bonds. The molecule has 2 aromatic rings. The number of nitrogens with one attached hydrogen (secondary N) is 2. The molecule has 2 heterocycles. The number of Topliss-reactive ketones (excluding diaryl/α,β-unsaturated/α-hetero) is 1. The van der Waals surface area contributed by atoms with Crippen LogP contribution in [0.2, 0.25) is 0 Å². The summed E-state index contributed by atoms with van der Waals surface area (Å²) in [7, 11) is 0. The molecule has 0 spiro atoms. The Kier molecular flexibility index (Phi) is 6.06. The zero-order valence-electron chi connectivity index (χ0n) is 19.2. The molecule has 0 unspecified atom stereocenters. The minimum atomic E-state index is -1.15. The molecule has 0 saturated carbocycles. The first-order valence-corrected chi connectivity index (χ1v) is 11.4. The smallest absolute Gasteiger partial charge is 0.322 e. The predicted octanol–water partition coefficient (Wildman–Crippen LogP) is 3.42. The van der Waals surface area contributed by atoms with Crippen LogP contribution in [0.5, 0.6) is 0 Å². The van der Waals surface area contributed by atoms with Crippen LogP contribution in [0.15, 0.2) is 48.5 Å². The number of carbonyl (C=O) groups excluding carboxylic acids is 4. The fraction of sp³-hybridized carbons (Fsp3) is 0.385. The Bertz CT molecular complexity index is 1080. The molecule has 0 aromatic heterocycles. The lowest BCUT2D eigenvalue weighted by atomic mass is 9.79. The monoisotopic (exact) mass is 447 g/mol. The van der Waals surface area contributed by atoms with Crippen molar-refractivity contribution in [1.29, 1.82) is 0 Å². The van der Waals surface area contributed by atoms with Crippen molar-refractivity contribution in [2.24, 2.45) is 11.8 Å². The summed E-state index contributed by atoms with van der Waals surface area (Å²) in [6, 6.07) is 14.0. The fourth-order valence-electron chi connectivity index (χ4n) is 4.77. The van der Waals surface area contributed by atoms with Gasteiger partial charge >= 0.3 is 6.03 Å². The molecule has 0 aliphatic carbocycles. The number of aryl methyl sites for hydroxylation is 1. The highest BCUT2D eigenvalue weighted by molar-refractivity contribution is 6.07. The van der Waals surface area contributed by atoms with E-state index in [9.17, 15) is 19.2 Å². The van der Waals surface area contributed by atoms with Gasteiger partial charge in [0.25, 0.3) is 11.8 Å². The summed E-state index contributed by atoms with van der Waals surface area (Å²) in [6.07, 6.45) is 1.28. The second-order valence-electron chi connectivity index (χ2n) is 9.25. The van der Waals surface area contributed by atoms with Gasteiger partial charge in [-0.05, 0) is 43.4 Å². The van der Waals surface area contributed by atoms with E-state index < -0.39 is 11.6 Å². The number of benzene rings is 2. The number of imide groups is 1. The predicted molar refractivity (Wildman–Crippen MR) is 124 cm³/mol. The van der Waals surface area contributed by atoms with Crippen LogP contribution in [0.1, 0.15) is 58.5 Å². The van der Waals surface area contributed by atoms with E-state index in [4.69, 9.17) is 0 Å². The molecule has 0 bridgehead atoms. The third-order valence-electron chi connectivity index (χ3n) is 6.84. The zero-order valence-corrected chi connectivity index (χ0v) is 19.2. The van der Waals surface area contributed by atoms with Gasteiger partial charge in [0, 0.05) is 30.1 Å². The van der Waals surface area contributed by atoms with E-state index in [2.05, 4.69) is 10.6 Å². The summed E-state index contributed by atoms with van der Waals surface area (Å²) < 4.78 is 0. The van der Waals surface area contributed by atoms with Gasteiger partial charge in [-0.1, -0.05) is 55.8 Å². The third kappa shape index (κ3) is 4.15. The summed E-state index contributed by atoms with van der Waals surface area (Å²) >= 11 is 0. The van der Waals surface area contributed by atoms with Crippen molar-refractivity contribution in [2.75, 3.05) is 13.1 Å². The van der Waals surface area contributed by atoms with Gasteiger partial charge in [-0.2, -0.15) is 0 Å². The van der Waals surface area contributed by atoms with Crippen molar-refractivity contribution in [3.05, 3.63) is 70.8 Å². The van der Waals surface area contributed by atoms with E-state index in [-0.39, 0.29) is 29.4 Å². The normalized spacial score (nSPS) is 21.2. The molecule has 0 radical (unpaired) electrons. The van der Waals surface area contributed by atoms with Crippen molar-refractivity contribution in [3.8, 4) is 0 Å². The Morgan fingerprint density at radius 2 is 1.52 bits per heavy atom. The zero-order chi connectivity index (χ0) is 23.8. The first kappa shape index (κ1) is 22.7. The van der Waals surface area contributed by atoms with Crippen molar-refractivity contribution in [1.82, 2.24) is 15.5 Å². The van der Waals surface area contributed by atoms with Crippen LogP contribution in [0.4, 0.5) is 4.79 Å². The second-order valence-corrected chi connectivity index (χ2v) is 9.25. The van der Waals surface area contributed by atoms with E-state index in [0.29, 0.717) is 37.1 Å². The standard InChI is InChI=1S/C26H29N3O4/c1-16(2)26(24(32)27-25(33)28-26)21-10-8-20(9-11-21)23(31)29-14-12-19(13-15-29)22(30)18-6-4-17(3)5-7-18/h4-11,16,19H,12-15H2,1-3H3,(H2,27,28,32,33)/t26-/m1/s1. The summed E-state index contributed by atoms with van der Waals surface area (Å²) in [5.74, 6) is -0.587. The molecule has 2 aromatic carbocycles. The number of carbonyl (C=O) groups is 4. The lowest BCUT2D eigenvalue weighted by Gasteiger charge is -2.32. The molecule has 2 fully saturated rings. The molecule has 1 atom stereocenters. The largest absolute Gasteiger partial charge is 0.339 e. The molecule has 2 aliphatic heterocycles. The molecule has 2 aliphatic rings. The van der Waals surface area contributed by atoms with Gasteiger partial charge in [0.2, 0.25) is 0 Å². The van der Waals surface area contributed by atoms with Crippen molar-refractivity contribution in [3.63, 3.8) is 0 Å². The SMILES string of the molecule is Cc1ccc(C(=O)C2CCN(C(=O)c3ccc([C@@]4(C(C)C)NC(=O)NC4=O)cc3)CC2)cc1. The number of rotatable bonds is 5. The lowest BCUT2D eigenvalue weighted by molar-refractivity contribution is -0.125. The second kappa shape index (κ2) is 8.81. The first-order chi connectivity index (χ1) is 15.7. The van der Waals surface area contributed by atoms with E-state index in [1.165, 1.54) is 0 Å². The van der Waals surface area contributed by atoms with Crippen molar-refractivity contribution in [2.45, 2.75) is 39.2 Å². The average Bonchev–Trinajstić information content (AvgIpc) is 3.13. The third-order valence-corrected chi connectivity index (χ3v) is 6.84. The van der Waals surface area contributed by atoms with Gasteiger partial charge in [0.05, 0.1) is 0 Å². The minimum Gasteiger partial charge on any atom is -0.339 e. The maximum atomic E-state index is 13.0. The summed E-state index contributed by atoms with van der Waals surface area (Å²) in [5, 5.41) is 5.06. The Hall–Kier alpha value is -3.48. The van der Waals surface area contributed by atoms with Crippen LogP contribution >= 0.6 is 0 Å². The number of likely N-dealkylation sites (tertiary alicyclic amines) is 1. The number of hydrogen-bond donors (Lipinski definition) is 2. The van der Waals surface area contributed by atoms with Crippen molar-refractivity contribution < 1.29 is 19.2 Å². The molecular weight excluding hydrogens is 418 g/mol. The lowest BCUT2D eigenvalue weighted by Crippen LogP contribution is -2.48. The molecule has 2 N–H and O–H groups in total. The van der Waals surface area contributed by atoms with E-state index in [1.54, 1.807) is 29.2 Å². The van der Waals surface area contributed by atoms with E-state index in [0.717, 1.165) is 11.1 Å². The highest BCUT2D eigenvalue weighted by atomic mass is 16.2. The van der Waals surface area contributed by atoms with E-state index in [1.807, 2.05) is 45.0 Å². The van der Waals surface area contributed by atoms with Crippen LogP contribution in [-0.2, 0) is 10.3 Å². The fourth-order valence-corrected chi connectivity index (χ4v) is 4.77. The van der Waals surface area contributed by atoms with E-state index >= 15 is 0 Å². The minimum absolute atomic E-state index is 0.0745. The van der Waals surface area contributed by atoms with Crippen LogP contribution in [0, 0.1) is 18.8 Å². The molecule has 7 nitrogen and oxygen atoms in total. The molecule has 2 saturated heterocycles. The molecular formula is C26H29N3O4. The summed E-state index contributed by atoms with van der Waals surface area (Å²) in [6.45, 7) is 6.78. The average molecular weight is 448 g/mol. The number of hydrogen-bond acceptors (Lipinski definition) is 4. The Balaban J connectivity index is 1.42. The molecule has 4 rings (SSSR count). The maximum Gasteiger partial charge on any atom is 0.322 e. The molecule has 172 valence electrons. The van der Waals surface area contributed by atoms with Crippen LogP contribution in [-0.4, -0.2) is 41.6 Å². The maximum absolute atomic E-state index is 13.0. The first-order valence-electron chi connectivity index (χ1n) is 11.4.